The fraction of sp³-hybridized carbons (Fsp3) is 0.444. The van der Waals surface area contributed by atoms with Crippen LogP contribution < -0.4 is 10.6 Å². The van der Waals surface area contributed by atoms with E-state index in [-0.39, 0.29) is 25.4 Å². The molecule has 2 heterocycles. The first kappa shape index (κ1) is 33.4. The van der Waals surface area contributed by atoms with Gasteiger partial charge in [0, 0.05) is 42.3 Å². The lowest BCUT2D eigenvalue weighted by atomic mass is 10.0. The molecular weight excluding hydrogens is 479 g/mol. The Morgan fingerprint density at radius 3 is 2.32 bits per heavy atom. The number of aryl methyl sites for hydroxylation is 1. The lowest BCUT2D eigenvalue weighted by Crippen LogP contribution is -2.35. The summed E-state index contributed by atoms with van der Waals surface area (Å²) in [6, 6.07) is 4.20. The van der Waals surface area contributed by atoms with Gasteiger partial charge in [0.2, 0.25) is 0 Å². The number of carbonyl (C=O) groups excluding carboxylic acids is 4. The second-order valence-corrected chi connectivity index (χ2v) is 7.96. The number of amides is 2. The van der Waals surface area contributed by atoms with Gasteiger partial charge in [-0.1, -0.05) is 28.2 Å². The molecule has 0 unspecified atom stereocenters. The van der Waals surface area contributed by atoms with E-state index in [2.05, 4.69) is 34.4 Å². The number of hydrogen-bond donors (Lipinski definition) is 4. The highest BCUT2D eigenvalue weighted by molar-refractivity contribution is 6.34. The lowest BCUT2D eigenvalue weighted by Gasteiger charge is -2.18. The van der Waals surface area contributed by atoms with Gasteiger partial charge in [0.15, 0.2) is 0 Å². The molecule has 0 radical (unpaired) electrons. The SMILES string of the molecule is C.CCCO.CCN(CC)CCNC(=O)c1c(C)[nH]c(/C=C2\C(=O)Nc3ccc(F)cc32)c1C.O=C=O. The van der Waals surface area contributed by atoms with Gasteiger partial charge in [0.05, 0.1) is 11.1 Å². The standard InChI is InChI=1S/C22H27FN4O2.C3H8O.CO2.CH4/c1-5-27(6-2)10-9-24-22(29)20-13(3)19(25-14(20)4)12-17-16-11-15(23)7-8-18(16)26-21(17)28;1-2-3-4;2-1-3;/h7-8,11-12,25H,5-6,9-10H2,1-4H3,(H,24,29)(H,26,28);4H,2-3H2,1H3;;1H4/b17-12-;;;. The highest BCUT2D eigenvalue weighted by atomic mass is 19.1. The van der Waals surface area contributed by atoms with Crippen LogP contribution in [-0.4, -0.2) is 65.7 Å². The molecule has 1 aliphatic rings. The van der Waals surface area contributed by atoms with E-state index in [0.717, 1.165) is 37.3 Å². The van der Waals surface area contributed by atoms with E-state index in [1.807, 2.05) is 20.8 Å². The van der Waals surface area contributed by atoms with Gasteiger partial charge in [-0.05, 0) is 63.2 Å². The van der Waals surface area contributed by atoms with Crippen molar-refractivity contribution in [2.75, 3.05) is 38.1 Å². The summed E-state index contributed by atoms with van der Waals surface area (Å²) in [5, 5.41) is 13.6. The number of halogens is 1. The molecule has 0 atom stereocenters. The predicted octanol–water partition coefficient (Wildman–Crippen LogP) is 3.78. The minimum absolute atomic E-state index is 0. The molecule has 1 aliphatic heterocycles. The van der Waals surface area contributed by atoms with Gasteiger partial charge in [-0.15, -0.1) is 0 Å². The van der Waals surface area contributed by atoms with Crippen LogP contribution >= 0.6 is 0 Å². The molecule has 0 bridgehead atoms. The summed E-state index contributed by atoms with van der Waals surface area (Å²) >= 11 is 0. The second-order valence-electron chi connectivity index (χ2n) is 7.96. The van der Waals surface area contributed by atoms with Crippen LogP contribution in [0.15, 0.2) is 18.2 Å². The van der Waals surface area contributed by atoms with Gasteiger partial charge in [0.25, 0.3) is 11.8 Å². The highest BCUT2D eigenvalue weighted by Crippen LogP contribution is 2.34. The smallest absolute Gasteiger partial charge is 0.373 e. The summed E-state index contributed by atoms with van der Waals surface area (Å²) in [5.74, 6) is -0.836. The van der Waals surface area contributed by atoms with Crippen molar-refractivity contribution in [1.82, 2.24) is 15.2 Å². The molecule has 1 aromatic heterocycles. The monoisotopic (exact) mass is 518 g/mol. The molecule has 0 aliphatic carbocycles. The number of aliphatic hydroxyl groups is 1. The van der Waals surface area contributed by atoms with Crippen molar-refractivity contribution < 1.29 is 28.7 Å². The van der Waals surface area contributed by atoms with E-state index in [4.69, 9.17) is 14.7 Å². The number of aromatic amines is 1. The zero-order valence-electron chi connectivity index (χ0n) is 21.5. The van der Waals surface area contributed by atoms with E-state index < -0.39 is 5.82 Å². The molecule has 37 heavy (non-hydrogen) atoms. The number of nitrogens with one attached hydrogen (secondary N) is 3. The van der Waals surface area contributed by atoms with Crippen LogP contribution in [0.25, 0.3) is 11.6 Å². The maximum Gasteiger partial charge on any atom is 0.373 e. The first-order chi connectivity index (χ1) is 17.2. The van der Waals surface area contributed by atoms with Crippen LogP contribution in [0.1, 0.15) is 67.5 Å². The molecule has 0 saturated heterocycles. The third kappa shape index (κ3) is 9.42. The largest absolute Gasteiger partial charge is 0.396 e. The number of aromatic nitrogens is 1. The summed E-state index contributed by atoms with van der Waals surface area (Å²) in [5.41, 5.74) is 4.20. The topological polar surface area (TPSA) is 132 Å². The quantitative estimate of drug-likeness (QED) is 0.394. The minimum atomic E-state index is -0.404. The zero-order chi connectivity index (χ0) is 27.3. The number of H-pyrrole nitrogens is 1. The molecule has 1 aromatic carbocycles. The highest BCUT2D eigenvalue weighted by Gasteiger charge is 2.26. The Labute approximate surface area is 218 Å². The number of hydrogen-bond acceptors (Lipinski definition) is 6. The van der Waals surface area contributed by atoms with Crippen LogP contribution in [-0.2, 0) is 14.4 Å². The Hall–Kier alpha value is -3.59. The van der Waals surface area contributed by atoms with Crippen molar-refractivity contribution in [3.63, 3.8) is 0 Å². The van der Waals surface area contributed by atoms with Gasteiger partial charge in [-0.3, -0.25) is 9.59 Å². The fourth-order valence-electron chi connectivity index (χ4n) is 3.66. The molecule has 0 spiro atoms. The Bertz CT molecular complexity index is 1100. The van der Waals surface area contributed by atoms with E-state index in [1.54, 1.807) is 12.1 Å². The van der Waals surface area contributed by atoms with Crippen LogP contribution in [0.4, 0.5) is 10.1 Å². The van der Waals surface area contributed by atoms with Crippen molar-refractivity contribution in [1.29, 1.82) is 0 Å². The van der Waals surface area contributed by atoms with Gasteiger partial charge >= 0.3 is 6.15 Å². The van der Waals surface area contributed by atoms with Gasteiger partial charge < -0.3 is 25.6 Å². The molecule has 9 nitrogen and oxygen atoms in total. The first-order valence-corrected chi connectivity index (χ1v) is 11.8. The minimum Gasteiger partial charge on any atom is -0.396 e. The molecule has 3 rings (SSSR count). The van der Waals surface area contributed by atoms with Crippen LogP contribution in [0.5, 0.6) is 0 Å². The average Bonchev–Trinajstić information content (AvgIpc) is 3.31. The second kappa shape index (κ2) is 17.0. The van der Waals surface area contributed by atoms with E-state index in [0.29, 0.717) is 41.2 Å². The van der Waals surface area contributed by atoms with Crippen molar-refractivity contribution in [2.24, 2.45) is 0 Å². The van der Waals surface area contributed by atoms with Crippen molar-refractivity contribution in [3.05, 3.63) is 52.1 Å². The number of aliphatic hydroxyl groups excluding tert-OH is 1. The number of rotatable bonds is 8. The normalized spacial score (nSPS) is 12.3. The molecule has 4 N–H and O–H groups in total. The van der Waals surface area contributed by atoms with Gasteiger partial charge in [-0.2, -0.15) is 9.59 Å². The third-order valence-corrected chi connectivity index (χ3v) is 5.59. The Kier molecular flexibility index (Phi) is 15.3. The van der Waals surface area contributed by atoms with E-state index >= 15 is 0 Å². The molecule has 0 fully saturated rings. The zero-order valence-corrected chi connectivity index (χ0v) is 21.5. The van der Waals surface area contributed by atoms with Crippen molar-refractivity contribution >= 4 is 35.3 Å². The van der Waals surface area contributed by atoms with Crippen molar-refractivity contribution in [2.45, 2.75) is 48.5 Å². The van der Waals surface area contributed by atoms with Crippen LogP contribution in [0.3, 0.4) is 0 Å². The molecule has 2 aromatic rings. The summed E-state index contributed by atoms with van der Waals surface area (Å²) in [4.78, 5) is 46.7. The summed E-state index contributed by atoms with van der Waals surface area (Å²) in [7, 11) is 0. The van der Waals surface area contributed by atoms with Gasteiger partial charge in [-0.25, -0.2) is 4.39 Å². The summed E-state index contributed by atoms with van der Waals surface area (Å²) in [6.45, 7) is 13.3. The average molecular weight is 519 g/mol. The first-order valence-electron chi connectivity index (χ1n) is 11.8. The van der Waals surface area contributed by atoms with Gasteiger partial charge in [0.1, 0.15) is 5.82 Å². The van der Waals surface area contributed by atoms with E-state index in [1.165, 1.54) is 12.1 Å². The lowest BCUT2D eigenvalue weighted by molar-refractivity contribution is -0.191. The number of likely N-dealkylation sites (N-methyl/N-ethyl adjacent to an activating group) is 1. The third-order valence-electron chi connectivity index (χ3n) is 5.59. The van der Waals surface area contributed by atoms with Crippen molar-refractivity contribution in [3.8, 4) is 0 Å². The Balaban J connectivity index is 0.00000145. The number of benzene rings is 1. The molecule has 0 saturated carbocycles. The molecular formula is C27H39FN4O5. The fourth-order valence-corrected chi connectivity index (χ4v) is 3.66. The number of anilines is 1. The Morgan fingerprint density at radius 1 is 1.19 bits per heavy atom. The maximum absolute atomic E-state index is 13.7. The molecule has 204 valence electrons. The molecule has 10 heteroatoms. The number of carbonyl (C=O) groups is 2. The number of nitrogens with zero attached hydrogens (tertiary/aromatic N) is 1. The molecule has 2 amide bonds. The maximum atomic E-state index is 13.7. The Morgan fingerprint density at radius 2 is 1.78 bits per heavy atom. The summed E-state index contributed by atoms with van der Waals surface area (Å²) < 4.78 is 13.7. The summed E-state index contributed by atoms with van der Waals surface area (Å²) in [6.07, 6.45) is 2.80. The number of fused-ring (bicyclic) bond motifs is 1. The van der Waals surface area contributed by atoms with E-state index in [9.17, 15) is 14.0 Å². The predicted molar refractivity (Wildman–Crippen MR) is 142 cm³/mol. The van der Waals surface area contributed by atoms with Crippen LogP contribution in [0, 0.1) is 19.7 Å². The van der Waals surface area contributed by atoms with Crippen LogP contribution in [0.2, 0.25) is 0 Å².